The maximum absolute atomic E-state index is 11.5. The van der Waals surface area contributed by atoms with Crippen molar-refractivity contribution < 1.29 is 18.3 Å². The first-order chi connectivity index (χ1) is 7.38. The van der Waals surface area contributed by atoms with Gasteiger partial charge in [-0.1, -0.05) is 6.08 Å². The molecular weight excluding hydrogens is 232 g/mol. The Morgan fingerprint density at radius 1 is 1.62 bits per heavy atom. The van der Waals surface area contributed by atoms with Crippen molar-refractivity contribution in [2.24, 2.45) is 0 Å². The standard InChI is InChI=1S/C9H10N2O4S/c1-3-4-16(14,15)9-10-5-7(8(12)13)6(2)11-9/h3,5H,1,4H2,2H3,(H,12,13). The summed E-state index contributed by atoms with van der Waals surface area (Å²) in [6, 6.07) is 0. The number of hydrogen-bond donors (Lipinski definition) is 1. The van der Waals surface area contributed by atoms with Crippen LogP contribution in [0.4, 0.5) is 0 Å². The number of aryl methyl sites for hydroxylation is 1. The molecule has 16 heavy (non-hydrogen) atoms. The molecule has 1 rings (SSSR count). The molecule has 0 saturated carbocycles. The van der Waals surface area contributed by atoms with E-state index in [4.69, 9.17) is 5.11 Å². The summed E-state index contributed by atoms with van der Waals surface area (Å²) in [5.41, 5.74) is 0.00249. The molecule has 1 aromatic heterocycles. The normalized spacial score (nSPS) is 11.1. The monoisotopic (exact) mass is 242 g/mol. The van der Waals surface area contributed by atoms with E-state index in [0.29, 0.717) is 0 Å². The Morgan fingerprint density at radius 3 is 2.69 bits per heavy atom. The van der Waals surface area contributed by atoms with Crippen molar-refractivity contribution in [1.82, 2.24) is 9.97 Å². The predicted molar refractivity (Wildman–Crippen MR) is 56.0 cm³/mol. The average molecular weight is 242 g/mol. The summed E-state index contributed by atoms with van der Waals surface area (Å²) in [6.07, 6.45) is 2.21. The van der Waals surface area contributed by atoms with Gasteiger partial charge in [-0.05, 0) is 6.92 Å². The quantitative estimate of drug-likeness (QED) is 0.608. The Hall–Kier alpha value is -1.76. The first-order valence-electron chi connectivity index (χ1n) is 4.29. The molecule has 1 aromatic rings. The van der Waals surface area contributed by atoms with Crippen LogP contribution in [0.2, 0.25) is 0 Å². The van der Waals surface area contributed by atoms with E-state index in [-0.39, 0.29) is 22.2 Å². The second-order valence-corrected chi connectivity index (χ2v) is 4.95. The minimum atomic E-state index is -3.61. The maximum Gasteiger partial charge on any atom is 0.339 e. The highest BCUT2D eigenvalue weighted by Gasteiger charge is 2.18. The molecule has 0 spiro atoms. The molecule has 1 heterocycles. The SMILES string of the molecule is C=CCS(=O)(=O)c1ncc(C(=O)O)c(C)n1. The van der Waals surface area contributed by atoms with Gasteiger partial charge < -0.3 is 5.11 Å². The molecular formula is C9H10N2O4S. The van der Waals surface area contributed by atoms with Crippen LogP contribution in [0.15, 0.2) is 24.0 Å². The number of aromatic carboxylic acids is 1. The van der Waals surface area contributed by atoms with Crippen molar-refractivity contribution >= 4 is 15.8 Å². The summed E-state index contributed by atoms with van der Waals surface area (Å²) in [6.45, 7) is 4.73. The maximum atomic E-state index is 11.5. The Bertz CT molecular complexity index is 536. The Labute approximate surface area is 92.6 Å². The highest BCUT2D eigenvalue weighted by Crippen LogP contribution is 2.09. The number of sulfone groups is 1. The summed E-state index contributed by atoms with van der Waals surface area (Å²) < 4.78 is 23.0. The molecule has 0 saturated heterocycles. The van der Waals surface area contributed by atoms with Gasteiger partial charge in [-0.2, -0.15) is 0 Å². The van der Waals surface area contributed by atoms with E-state index < -0.39 is 15.8 Å². The number of nitrogens with zero attached hydrogens (tertiary/aromatic N) is 2. The molecule has 0 aliphatic rings. The fraction of sp³-hybridized carbons (Fsp3) is 0.222. The van der Waals surface area contributed by atoms with Crippen molar-refractivity contribution in [3.63, 3.8) is 0 Å². The Kier molecular flexibility index (Phi) is 3.38. The fourth-order valence-electron chi connectivity index (χ4n) is 1.04. The molecule has 0 aliphatic heterocycles. The van der Waals surface area contributed by atoms with Crippen LogP contribution >= 0.6 is 0 Å². The molecule has 1 N–H and O–H groups in total. The molecule has 0 atom stereocenters. The van der Waals surface area contributed by atoms with Gasteiger partial charge in [-0.3, -0.25) is 0 Å². The third-order valence-corrected chi connectivity index (χ3v) is 3.23. The fourth-order valence-corrected chi connectivity index (χ4v) is 1.98. The number of hydrogen-bond acceptors (Lipinski definition) is 5. The van der Waals surface area contributed by atoms with Crippen LogP contribution in [0.1, 0.15) is 16.1 Å². The number of carboxylic acids is 1. The molecule has 0 fully saturated rings. The van der Waals surface area contributed by atoms with Gasteiger partial charge in [0.05, 0.1) is 17.0 Å². The molecule has 6 nitrogen and oxygen atoms in total. The lowest BCUT2D eigenvalue weighted by molar-refractivity contribution is 0.0694. The van der Waals surface area contributed by atoms with Crippen LogP contribution in [0.25, 0.3) is 0 Å². The third-order valence-electron chi connectivity index (χ3n) is 1.80. The largest absolute Gasteiger partial charge is 0.478 e. The second-order valence-electron chi connectivity index (χ2n) is 3.03. The zero-order valence-corrected chi connectivity index (χ0v) is 9.36. The molecule has 0 aliphatic carbocycles. The summed E-state index contributed by atoms with van der Waals surface area (Å²) in [5.74, 6) is -1.47. The van der Waals surface area contributed by atoms with Crippen LogP contribution in [0, 0.1) is 6.92 Å². The molecule has 0 radical (unpaired) electrons. The first-order valence-corrected chi connectivity index (χ1v) is 5.94. The summed E-state index contributed by atoms with van der Waals surface area (Å²) in [7, 11) is -3.61. The number of carbonyl (C=O) groups is 1. The third kappa shape index (κ3) is 2.43. The zero-order valence-electron chi connectivity index (χ0n) is 8.54. The average Bonchev–Trinajstić information content (AvgIpc) is 2.16. The van der Waals surface area contributed by atoms with E-state index in [9.17, 15) is 13.2 Å². The summed E-state index contributed by atoms with van der Waals surface area (Å²) in [4.78, 5) is 17.8. The van der Waals surface area contributed by atoms with E-state index in [1.807, 2.05) is 0 Å². The lowest BCUT2D eigenvalue weighted by Crippen LogP contribution is -2.12. The van der Waals surface area contributed by atoms with Crippen LogP contribution in [0.5, 0.6) is 0 Å². The highest BCUT2D eigenvalue weighted by atomic mass is 32.2. The van der Waals surface area contributed by atoms with Gasteiger partial charge in [0.15, 0.2) is 0 Å². The van der Waals surface area contributed by atoms with Gasteiger partial charge in [0.2, 0.25) is 15.0 Å². The summed E-state index contributed by atoms with van der Waals surface area (Å²) >= 11 is 0. The van der Waals surface area contributed by atoms with Crippen LogP contribution in [-0.4, -0.2) is 35.2 Å². The Balaban J connectivity index is 3.26. The van der Waals surface area contributed by atoms with E-state index in [1.165, 1.54) is 13.0 Å². The number of carboxylic acid groups (broad SMARTS) is 1. The smallest absolute Gasteiger partial charge is 0.339 e. The minimum Gasteiger partial charge on any atom is -0.478 e. The number of rotatable bonds is 4. The van der Waals surface area contributed by atoms with Crippen LogP contribution in [-0.2, 0) is 9.84 Å². The Morgan fingerprint density at radius 2 is 2.25 bits per heavy atom. The minimum absolute atomic E-state index is 0.113. The van der Waals surface area contributed by atoms with Gasteiger partial charge in [-0.25, -0.2) is 23.2 Å². The van der Waals surface area contributed by atoms with Crippen molar-refractivity contribution in [2.45, 2.75) is 12.1 Å². The van der Waals surface area contributed by atoms with Gasteiger partial charge in [-0.15, -0.1) is 6.58 Å². The first kappa shape index (κ1) is 12.3. The van der Waals surface area contributed by atoms with Crippen molar-refractivity contribution in [1.29, 1.82) is 0 Å². The summed E-state index contributed by atoms with van der Waals surface area (Å²) in [5, 5.41) is 8.34. The van der Waals surface area contributed by atoms with E-state index in [1.54, 1.807) is 0 Å². The molecule has 0 aromatic carbocycles. The zero-order chi connectivity index (χ0) is 12.3. The lowest BCUT2D eigenvalue weighted by Gasteiger charge is -2.03. The molecule has 86 valence electrons. The van der Waals surface area contributed by atoms with Crippen molar-refractivity contribution in [2.75, 3.05) is 5.75 Å². The van der Waals surface area contributed by atoms with Gasteiger partial charge in [0.1, 0.15) is 0 Å². The van der Waals surface area contributed by atoms with Crippen molar-refractivity contribution in [3.8, 4) is 0 Å². The van der Waals surface area contributed by atoms with Crippen molar-refractivity contribution in [3.05, 3.63) is 30.1 Å². The molecule has 0 amide bonds. The molecule has 0 unspecified atom stereocenters. The predicted octanol–water partition coefficient (Wildman–Crippen LogP) is 0.443. The van der Waals surface area contributed by atoms with Gasteiger partial charge in [0, 0.05) is 6.20 Å². The van der Waals surface area contributed by atoms with Gasteiger partial charge >= 0.3 is 5.97 Å². The van der Waals surface area contributed by atoms with Gasteiger partial charge in [0.25, 0.3) is 0 Å². The van der Waals surface area contributed by atoms with Crippen LogP contribution in [0.3, 0.4) is 0 Å². The van der Waals surface area contributed by atoms with E-state index in [0.717, 1.165) is 6.20 Å². The van der Waals surface area contributed by atoms with E-state index >= 15 is 0 Å². The van der Waals surface area contributed by atoms with Crippen LogP contribution < -0.4 is 0 Å². The number of aromatic nitrogens is 2. The molecule has 0 bridgehead atoms. The van der Waals surface area contributed by atoms with E-state index in [2.05, 4.69) is 16.5 Å². The lowest BCUT2D eigenvalue weighted by atomic mass is 10.2. The molecule has 7 heteroatoms. The highest BCUT2D eigenvalue weighted by molar-refractivity contribution is 7.91. The topological polar surface area (TPSA) is 97.2 Å². The second kappa shape index (κ2) is 4.40.